The van der Waals surface area contributed by atoms with Crippen molar-refractivity contribution in [3.05, 3.63) is 35.9 Å². The van der Waals surface area contributed by atoms with Gasteiger partial charge in [-0.3, -0.25) is 5.32 Å². The zero-order chi connectivity index (χ0) is 10.4. The van der Waals surface area contributed by atoms with Gasteiger partial charge in [0.25, 0.3) is 0 Å². The van der Waals surface area contributed by atoms with E-state index < -0.39 is 0 Å². The van der Waals surface area contributed by atoms with Gasteiger partial charge >= 0.3 is 0 Å². The maximum Gasteiger partial charge on any atom is 0.0926 e. The second-order valence-corrected chi connectivity index (χ2v) is 3.61. The van der Waals surface area contributed by atoms with Crippen LogP contribution in [0.5, 0.6) is 0 Å². The zero-order valence-corrected chi connectivity index (χ0v) is 8.70. The Morgan fingerprint density at radius 2 is 1.93 bits per heavy atom. The van der Waals surface area contributed by atoms with Crippen LogP contribution in [0.4, 0.5) is 0 Å². The quantitative estimate of drug-likeness (QED) is 0.785. The Hall–Kier alpha value is -1.33. The minimum Gasteiger partial charge on any atom is -0.299 e. The third kappa shape index (κ3) is 3.59. The summed E-state index contributed by atoms with van der Waals surface area (Å²) in [6.07, 6.45) is 0.965. The molecule has 0 saturated heterocycles. The Kier molecular flexibility index (Phi) is 4.15. The van der Waals surface area contributed by atoms with Crippen LogP contribution in [0, 0.1) is 11.3 Å². The van der Waals surface area contributed by atoms with Gasteiger partial charge in [-0.25, -0.2) is 0 Å². The van der Waals surface area contributed by atoms with E-state index >= 15 is 0 Å². The van der Waals surface area contributed by atoms with E-state index in [0.29, 0.717) is 6.04 Å². The Morgan fingerprint density at radius 3 is 2.50 bits per heavy atom. The van der Waals surface area contributed by atoms with Crippen LogP contribution >= 0.6 is 0 Å². The van der Waals surface area contributed by atoms with Crippen molar-refractivity contribution in [2.24, 2.45) is 0 Å². The van der Waals surface area contributed by atoms with Gasteiger partial charge in [0.1, 0.15) is 0 Å². The lowest BCUT2D eigenvalue weighted by Gasteiger charge is -2.15. The van der Waals surface area contributed by atoms with Crippen molar-refractivity contribution in [2.45, 2.75) is 32.4 Å². The summed E-state index contributed by atoms with van der Waals surface area (Å²) >= 11 is 0. The molecule has 0 aliphatic rings. The van der Waals surface area contributed by atoms with Crippen molar-refractivity contribution in [1.82, 2.24) is 5.32 Å². The molecule has 74 valence electrons. The predicted octanol–water partition coefficient (Wildman–Crippen LogP) is 2.12. The molecular weight excluding hydrogens is 172 g/mol. The number of rotatable bonds is 4. The Morgan fingerprint density at radius 1 is 1.29 bits per heavy atom. The van der Waals surface area contributed by atoms with Crippen LogP contribution in [-0.4, -0.2) is 12.1 Å². The summed E-state index contributed by atoms with van der Waals surface area (Å²) < 4.78 is 0. The van der Waals surface area contributed by atoms with E-state index in [0.717, 1.165) is 6.42 Å². The van der Waals surface area contributed by atoms with E-state index in [1.165, 1.54) is 5.56 Å². The number of nitriles is 1. The zero-order valence-electron chi connectivity index (χ0n) is 8.70. The normalized spacial score (nSPS) is 14.4. The number of hydrogen-bond acceptors (Lipinski definition) is 2. The molecule has 0 heterocycles. The maximum absolute atomic E-state index is 8.64. The van der Waals surface area contributed by atoms with Crippen LogP contribution < -0.4 is 5.32 Å². The smallest absolute Gasteiger partial charge is 0.0926 e. The fourth-order valence-electron chi connectivity index (χ4n) is 1.49. The number of nitrogens with one attached hydrogen (secondary N) is 1. The first-order chi connectivity index (χ1) is 6.72. The van der Waals surface area contributed by atoms with Crippen LogP contribution in [0.1, 0.15) is 19.4 Å². The Bertz CT molecular complexity index is 300. The van der Waals surface area contributed by atoms with E-state index in [2.05, 4.69) is 30.4 Å². The molecule has 0 amide bonds. The lowest BCUT2D eigenvalue weighted by Crippen LogP contribution is -2.34. The van der Waals surface area contributed by atoms with Gasteiger partial charge in [0.2, 0.25) is 0 Å². The van der Waals surface area contributed by atoms with Crippen molar-refractivity contribution < 1.29 is 0 Å². The SMILES string of the molecule is CC(C#N)NC(C)Cc1ccccc1. The molecule has 2 unspecified atom stereocenters. The Balaban J connectivity index is 2.42. The van der Waals surface area contributed by atoms with E-state index in [9.17, 15) is 0 Å². The van der Waals surface area contributed by atoms with E-state index in [1.54, 1.807) is 0 Å². The molecule has 2 atom stereocenters. The molecule has 0 aromatic heterocycles. The van der Waals surface area contributed by atoms with Gasteiger partial charge in [-0.2, -0.15) is 5.26 Å². The van der Waals surface area contributed by atoms with Crippen molar-refractivity contribution >= 4 is 0 Å². The highest BCUT2D eigenvalue weighted by atomic mass is 14.9. The molecule has 2 nitrogen and oxygen atoms in total. The highest BCUT2D eigenvalue weighted by molar-refractivity contribution is 5.15. The highest BCUT2D eigenvalue weighted by Gasteiger charge is 2.06. The third-order valence-electron chi connectivity index (χ3n) is 2.11. The first-order valence-electron chi connectivity index (χ1n) is 4.92. The predicted molar refractivity (Wildman–Crippen MR) is 57.8 cm³/mol. The van der Waals surface area contributed by atoms with Crippen molar-refractivity contribution in [3.8, 4) is 6.07 Å². The molecule has 0 aliphatic heterocycles. The molecule has 0 bridgehead atoms. The summed E-state index contributed by atoms with van der Waals surface area (Å²) in [7, 11) is 0. The molecule has 0 radical (unpaired) electrons. The van der Waals surface area contributed by atoms with Crippen LogP contribution in [0.15, 0.2) is 30.3 Å². The average molecular weight is 188 g/mol. The summed E-state index contributed by atoms with van der Waals surface area (Å²) in [4.78, 5) is 0. The van der Waals surface area contributed by atoms with Gasteiger partial charge in [0.15, 0.2) is 0 Å². The average Bonchev–Trinajstić information content (AvgIpc) is 2.19. The van der Waals surface area contributed by atoms with Gasteiger partial charge in [0.05, 0.1) is 12.1 Å². The lowest BCUT2D eigenvalue weighted by molar-refractivity contribution is 0.519. The monoisotopic (exact) mass is 188 g/mol. The summed E-state index contributed by atoms with van der Waals surface area (Å²) in [5.74, 6) is 0. The van der Waals surface area contributed by atoms with Crippen LogP contribution in [0.2, 0.25) is 0 Å². The fraction of sp³-hybridized carbons (Fsp3) is 0.417. The summed E-state index contributed by atoms with van der Waals surface area (Å²) in [5.41, 5.74) is 1.30. The second-order valence-electron chi connectivity index (χ2n) is 3.61. The minimum atomic E-state index is -0.0753. The molecular formula is C12H16N2. The van der Waals surface area contributed by atoms with Crippen LogP contribution in [0.3, 0.4) is 0 Å². The number of nitrogens with zero attached hydrogens (tertiary/aromatic N) is 1. The molecule has 0 aliphatic carbocycles. The van der Waals surface area contributed by atoms with E-state index in [1.807, 2.05) is 25.1 Å². The van der Waals surface area contributed by atoms with Crippen molar-refractivity contribution in [1.29, 1.82) is 5.26 Å². The maximum atomic E-state index is 8.64. The number of benzene rings is 1. The van der Waals surface area contributed by atoms with E-state index in [4.69, 9.17) is 5.26 Å². The van der Waals surface area contributed by atoms with Gasteiger partial charge in [-0.05, 0) is 25.8 Å². The molecule has 1 aromatic carbocycles. The second kappa shape index (κ2) is 5.41. The van der Waals surface area contributed by atoms with Crippen LogP contribution in [-0.2, 0) is 6.42 Å². The van der Waals surface area contributed by atoms with Crippen molar-refractivity contribution in [3.63, 3.8) is 0 Å². The Labute approximate surface area is 85.6 Å². The largest absolute Gasteiger partial charge is 0.299 e. The van der Waals surface area contributed by atoms with Gasteiger partial charge in [-0.15, -0.1) is 0 Å². The lowest BCUT2D eigenvalue weighted by atomic mass is 10.1. The molecule has 0 fully saturated rings. The first kappa shape index (κ1) is 10.7. The topological polar surface area (TPSA) is 35.8 Å². The molecule has 1 aromatic rings. The van der Waals surface area contributed by atoms with Crippen molar-refractivity contribution in [2.75, 3.05) is 0 Å². The van der Waals surface area contributed by atoms with Gasteiger partial charge in [0, 0.05) is 6.04 Å². The number of hydrogen-bond donors (Lipinski definition) is 1. The molecule has 0 saturated carbocycles. The summed E-state index contributed by atoms with van der Waals surface area (Å²) in [6, 6.07) is 12.7. The molecule has 0 spiro atoms. The standard InChI is InChI=1S/C12H16N2/c1-10(14-11(2)9-13)8-12-6-4-3-5-7-12/h3-7,10-11,14H,8H2,1-2H3. The molecule has 14 heavy (non-hydrogen) atoms. The van der Waals surface area contributed by atoms with Gasteiger partial charge in [-0.1, -0.05) is 30.3 Å². The fourth-order valence-corrected chi connectivity index (χ4v) is 1.49. The van der Waals surface area contributed by atoms with E-state index in [-0.39, 0.29) is 6.04 Å². The first-order valence-corrected chi connectivity index (χ1v) is 4.92. The molecule has 2 heteroatoms. The summed E-state index contributed by atoms with van der Waals surface area (Å²) in [5, 5.41) is 11.9. The van der Waals surface area contributed by atoms with Gasteiger partial charge < -0.3 is 0 Å². The highest BCUT2D eigenvalue weighted by Crippen LogP contribution is 2.02. The molecule has 1 N–H and O–H groups in total. The summed E-state index contributed by atoms with van der Waals surface area (Å²) in [6.45, 7) is 3.97. The van der Waals surface area contributed by atoms with Crippen LogP contribution in [0.25, 0.3) is 0 Å². The third-order valence-corrected chi connectivity index (χ3v) is 2.11. The minimum absolute atomic E-state index is 0.0753. The molecule has 1 rings (SSSR count).